The van der Waals surface area contributed by atoms with Gasteiger partial charge in [-0.05, 0) is 68.1 Å². The average Bonchev–Trinajstić information content (AvgIpc) is 2.82. The third-order valence-corrected chi connectivity index (χ3v) is 7.80. The molecule has 2 unspecified atom stereocenters. The number of ketones is 1. The second-order valence-corrected chi connectivity index (χ2v) is 8.67. The van der Waals surface area contributed by atoms with Crippen molar-refractivity contribution in [3.8, 4) is 0 Å². The Hall–Kier alpha value is -0.410. The maximum atomic E-state index is 11.8. The van der Waals surface area contributed by atoms with Crippen molar-refractivity contribution in [2.75, 3.05) is 0 Å². The van der Waals surface area contributed by atoms with E-state index in [1.54, 1.807) is 0 Å². The van der Waals surface area contributed by atoms with Crippen LogP contribution in [-0.2, 0) is 4.79 Å². The topological polar surface area (TPSA) is 57.5 Å². The van der Waals surface area contributed by atoms with Crippen molar-refractivity contribution in [1.82, 2.24) is 0 Å². The highest BCUT2D eigenvalue weighted by atomic mass is 16.4. The summed E-state index contributed by atoms with van der Waals surface area (Å²) in [5, 5.41) is 22.4. The predicted molar refractivity (Wildman–Crippen MR) is 79.7 cm³/mol. The second-order valence-electron chi connectivity index (χ2n) is 8.67. The summed E-state index contributed by atoms with van der Waals surface area (Å²) in [7, 11) is 0. The molecule has 3 heteroatoms. The first-order valence-electron chi connectivity index (χ1n) is 8.84. The van der Waals surface area contributed by atoms with E-state index in [0.29, 0.717) is 30.6 Å². The fourth-order valence-electron chi connectivity index (χ4n) is 6.65. The zero-order valence-electron chi connectivity index (χ0n) is 13.1. The largest absolute Gasteiger partial charge is 0.387 e. The van der Waals surface area contributed by atoms with E-state index in [-0.39, 0.29) is 18.1 Å². The van der Waals surface area contributed by atoms with Gasteiger partial charge in [-0.25, -0.2) is 0 Å². The molecule has 6 atom stereocenters. The van der Waals surface area contributed by atoms with Crippen LogP contribution < -0.4 is 0 Å². The highest BCUT2D eigenvalue weighted by molar-refractivity contribution is 5.81. The van der Waals surface area contributed by atoms with Gasteiger partial charge in [0.05, 0.1) is 5.60 Å². The van der Waals surface area contributed by atoms with Crippen molar-refractivity contribution >= 4 is 5.78 Å². The molecule has 0 radical (unpaired) electrons. The molecule has 4 aliphatic rings. The van der Waals surface area contributed by atoms with Crippen LogP contribution >= 0.6 is 0 Å². The highest BCUT2D eigenvalue weighted by Gasteiger charge is 2.64. The van der Waals surface area contributed by atoms with E-state index in [1.165, 1.54) is 25.7 Å². The number of rotatable bonds is 0. The maximum absolute atomic E-state index is 11.8. The maximum Gasteiger partial charge on any atom is 0.136 e. The number of hydrogen-bond donors (Lipinski definition) is 2. The van der Waals surface area contributed by atoms with Crippen molar-refractivity contribution in [3.05, 3.63) is 0 Å². The third kappa shape index (κ3) is 1.77. The normalized spacial score (nSPS) is 56.5. The van der Waals surface area contributed by atoms with Gasteiger partial charge in [-0.3, -0.25) is 4.79 Å². The Labute approximate surface area is 127 Å². The smallest absolute Gasteiger partial charge is 0.136 e. The summed E-state index contributed by atoms with van der Waals surface area (Å²) >= 11 is 0. The van der Waals surface area contributed by atoms with Gasteiger partial charge in [0.15, 0.2) is 0 Å². The van der Waals surface area contributed by atoms with Crippen LogP contribution in [0.3, 0.4) is 0 Å². The molecule has 0 aromatic carbocycles. The SMILES string of the molecule is C[C@@]12CCC[C@H]1[C@@H]1CCC3(O)CC(=O)CCC3(O)[C@H]1CC2. The van der Waals surface area contributed by atoms with Gasteiger partial charge in [-0.1, -0.05) is 13.3 Å². The van der Waals surface area contributed by atoms with Crippen LogP contribution in [0.25, 0.3) is 0 Å². The van der Waals surface area contributed by atoms with Crippen molar-refractivity contribution in [2.45, 2.75) is 82.3 Å². The number of aliphatic hydroxyl groups is 2. The van der Waals surface area contributed by atoms with Crippen LogP contribution in [0.15, 0.2) is 0 Å². The lowest BCUT2D eigenvalue weighted by Gasteiger charge is -2.61. The Kier molecular flexibility index (Phi) is 2.92. The lowest BCUT2D eigenvalue weighted by molar-refractivity contribution is -0.248. The average molecular weight is 292 g/mol. The molecule has 3 nitrogen and oxygen atoms in total. The summed E-state index contributed by atoms with van der Waals surface area (Å²) in [6.45, 7) is 2.44. The summed E-state index contributed by atoms with van der Waals surface area (Å²) in [4.78, 5) is 11.8. The summed E-state index contributed by atoms with van der Waals surface area (Å²) in [5.41, 5.74) is -1.68. The predicted octanol–water partition coefficient (Wildman–Crippen LogP) is 2.83. The summed E-state index contributed by atoms with van der Waals surface area (Å²) < 4.78 is 0. The van der Waals surface area contributed by atoms with E-state index in [1.807, 2.05) is 0 Å². The molecule has 4 fully saturated rings. The van der Waals surface area contributed by atoms with Gasteiger partial charge >= 0.3 is 0 Å². The molecule has 0 aromatic heterocycles. The van der Waals surface area contributed by atoms with Crippen LogP contribution in [0.5, 0.6) is 0 Å². The van der Waals surface area contributed by atoms with E-state index in [4.69, 9.17) is 0 Å². The summed E-state index contributed by atoms with van der Waals surface area (Å²) in [5.74, 6) is 1.62. The van der Waals surface area contributed by atoms with Crippen molar-refractivity contribution in [1.29, 1.82) is 0 Å². The fraction of sp³-hybridized carbons (Fsp3) is 0.944. The molecule has 4 saturated carbocycles. The molecule has 0 bridgehead atoms. The van der Waals surface area contributed by atoms with Gasteiger partial charge in [0.2, 0.25) is 0 Å². The van der Waals surface area contributed by atoms with Crippen molar-refractivity contribution in [3.63, 3.8) is 0 Å². The summed E-state index contributed by atoms with van der Waals surface area (Å²) in [6.07, 6.45) is 8.89. The van der Waals surface area contributed by atoms with E-state index in [2.05, 4.69) is 6.92 Å². The molecule has 0 saturated heterocycles. The zero-order chi connectivity index (χ0) is 14.9. The quantitative estimate of drug-likeness (QED) is 0.722. The van der Waals surface area contributed by atoms with Gasteiger partial charge < -0.3 is 10.2 Å². The highest BCUT2D eigenvalue weighted by Crippen LogP contribution is 2.64. The molecular weight excluding hydrogens is 264 g/mol. The molecule has 4 aliphatic carbocycles. The van der Waals surface area contributed by atoms with Gasteiger partial charge in [0, 0.05) is 12.8 Å². The van der Waals surface area contributed by atoms with Crippen LogP contribution in [0.4, 0.5) is 0 Å². The fourth-order valence-corrected chi connectivity index (χ4v) is 6.65. The molecule has 0 aliphatic heterocycles. The Morgan fingerprint density at radius 3 is 2.62 bits per heavy atom. The lowest BCUT2D eigenvalue weighted by Crippen LogP contribution is -2.68. The summed E-state index contributed by atoms with van der Waals surface area (Å²) in [6, 6.07) is 0. The van der Waals surface area contributed by atoms with E-state index < -0.39 is 11.2 Å². The first kappa shape index (κ1) is 14.2. The van der Waals surface area contributed by atoms with Gasteiger partial charge in [-0.2, -0.15) is 0 Å². The van der Waals surface area contributed by atoms with Crippen LogP contribution in [0.2, 0.25) is 0 Å². The van der Waals surface area contributed by atoms with E-state index >= 15 is 0 Å². The Balaban J connectivity index is 1.68. The Morgan fingerprint density at radius 2 is 1.81 bits per heavy atom. The zero-order valence-corrected chi connectivity index (χ0v) is 13.1. The number of fused-ring (bicyclic) bond motifs is 5. The molecule has 4 rings (SSSR count). The molecular formula is C18H28O3. The minimum absolute atomic E-state index is 0.127. The standard InChI is InChI=1S/C18H28O3/c1-16-7-2-3-14(16)13-5-9-17(20)11-12(19)4-10-18(17,21)15(13)6-8-16/h13-15,20-21H,2-11H2,1H3/t13-,14-,15-,16-,17?,18?/m0/s1. The molecule has 2 N–H and O–H groups in total. The first-order chi connectivity index (χ1) is 9.88. The molecule has 21 heavy (non-hydrogen) atoms. The Morgan fingerprint density at radius 1 is 1.00 bits per heavy atom. The number of carbonyl (C=O) groups excluding carboxylic acids is 1. The van der Waals surface area contributed by atoms with Gasteiger partial charge in [0.25, 0.3) is 0 Å². The third-order valence-electron chi connectivity index (χ3n) is 7.80. The van der Waals surface area contributed by atoms with Crippen LogP contribution in [0, 0.1) is 23.2 Å². The minimum Gasteiger partial charge on any atom is -0.387 e. The molecule has 0 spiro atoms. The number of hydrogen-bond acceptors (Lipinski definition) is 3. The lowest BCUT2D eigenvalue weighted by atomic mass is 9.47. The van der Waals surface area contributed by atoms with Crippen molar-refractivity contribution < 1.29 is 15.0 Å². The first-order valence-corrected chi connectivity index (χ1v) is 8.84. The van der Waals surface area contributed by atoms with E-state index in [0.717, 1.165) is 18.8 Å². The van der Waals surface area contributed by atoms with Crippen LogP contribution in [0.1, 0.15) is 71.1 Å². The molecule has 0 amide bonds. The number of Topliss-reactive ketones (excluding diaryl/α,β-unsaturated/α-hetero) is 1. The number of carbonyl (C=O) groups is 1. The van der Waals surface area contributed by atoms with E-state index in [9.17, 15) is 15.0 Å². The Bertz CT molecular complexity index is 475. The monoisotopic (exact) mass is 292 g/mol. The van der Waals surface area contributed by atoms with Gasteiger partial charge in [-0.15, -0.1) is 0 Å². The minimum atomic E-state index is -1.14. The molecule has 118 valence electrons. The molecule has 0 heterocycles. The second kappa shape index (κ2) is 4.32. The van der Waals surface area contributed by atoms with Gasteiger partial charge in [0.1, 0.15) is 11.4 Å². The van der Waals surface area contributed by atoms with Crippen LogP contribution in [-0.4, -0.2) is 27.2 Å². The molecule has 0 aromatic rings. The van der Waals surface area contributed by atoms with Crippen molar-refractivity contribution in [2.24, 2.45) is 23.2 Å².